The number of carbonyl (C=O) groups is 4. The number of benzene rings is 2. The average molecular weight is 417 g/mol. The van der Waals surface area contributed by atoms with Crippen molar-refractivity contribution in [2.45, 2.75) is 12.0 Å². The van der Waals surface area contributed by atoms with Gasteiger partial charge in [-0.25, -0.2) is 0 Å². The molecule has 0 saturated heterocycles. The lowest BCUT2D eigenvalue weighted by molar-refractivity contribution is -0.147. The van der Waals surface area contributed by atoms with Crippen LogP contribution < -0.4 is 5.73 Å². The third-order valence-electron chi connectivity index (χ3n) is 4.26. The summed E-state index contributed by atoms with van der Waals surface area (Å²) in [4.78, 5) is 49.6. The summed E-state index contributed by atoms with van der Waals surface area (Å²) in [6.07, 6.45) is 0. The smallest absolute Gasteiger partial charge is 0.319 e. The zero-order chi connectivity index (χ0) is 19.0. The van der Waals surface area contributed by atoms with E-state index in [1.807, 2.05) is 0 Å². The fraction of sp³-hybridized carbons (Fsp3) is 0.111. The number of nitrogens with zero attached hydrogens (tertiary/aromatic N) is 1. The standard InChI is InChI=1S/C18H13BrN2O5/c19-12-8-4-3-7-11(12)14-13(18(25)26)9-5-1-2-6-10(9)16(23)21(14)17(24)15(20)22/h1-8,13-14H,(H2,20,22)(H,25,26). The van der Waals surface area contributed by atoms with E-state index in [4.69, 9.17) is 5.73 Å². The maximum atomic E-state index is 12.9. The van der Waals surface area contributed by atoms with Gasteiger partial charge in [-0.05, 0) is 23.3 Å². The van der Waals surface area contributed by atoms with Crippen molar-refractivity contribution in [3.8, 4) is 0 Å². The molecule has 2 aromatic carbocycles. The fourth-order valence-electron chi connectivity index (χ4n) is 3.18. The molecule has 1 aliphatic heterocycles. The summed E-state index contributed by atoms with van der Waals surface area (Å²) in [5.74, 6) is -5.82. The van der Waals surface area contributed by atoms with Crippen molar-refractivity contribution in [3.05, 3.63) is 69.7 Å². The Morgan fingerprint density at radius 3 is 2.15 bits per heavy atom. The molecule has 0 saturated carbocycles. The zero-order valence-electron chi connectivity index (χ0n) is 13.3. The minimum Gasteiger partial charge on any atom is -0.481 e. The fourth-order valence-corrected chi connectivity index (χ4v) is 3.70. The predicted molar refractivity (Wildman–Crippen MR) is 94.1 cm³/mol. The van der Waals surface area contributed by atoms with Crippen molar-refractivity contribution >= 4 is 39.6 Å². The van der Waals surface area contributed by atoms with Crippen LogP contribution in [0.4, 0.5) is 0 Å². The summed E-state index contributed by atoms with van der Waals surface area (Å²) < 4.78 is 0.505. The lowest BCUT2D eigenvalue weighted by Gasteiger charge is -2.39. The van der Waals surface area contributed by atoms with Gasteiger partial charge in [-0.1, -0.05) is 52.3 Å². The molecule has 0 aromatic heterocycles. The van der Waals surface area contributed by atoms with Crippen molar-refractivity contribution in [3.63, 3.8) is 0 Å². The van der Waals surface area contributed by atoms with E-state index >= 15 is 0 Å². The molecule has 7 nitrogen and oxygen atoms in total. The van der Waals surface area contributed by atoms with Crippen LogP contribution in [0.15, 0.2) is 53.0 Å². The number of hydrogen-bond donors (Lipinski definition) is 2. The van der Waals surface area contributed by atoms with Crippen molar-refractivity contribution in [2.24, 2.45) is 5.73 Å². The number of rotatable bonds is 2. The highest BCUT2D eigenvalue weighted by molar-refractivity contribution is 9.10. The monoisotopic (exact) mass is 416 g/mol. The second kappa shape index (κ2) is 6.72. The number of fused-ring (bicyclic) bond motifs is 1. The van der Waals surface area contributed by atoms with Crippen LogP contribution in [0.1, 0.15) is 33.4 Å². The molecule has 8 heteroatoms. The largest absolute Gasteiger partial charge is 0.481 e. The van der Waals surface area contributed by atoms with Gasteiger partial charge < -0.3 is 10.8 Å². The Bertz CT molecular complexity index is 943. The Kier molecular flexibility index (Phi) is 4.60. The van der Waals surface area contributed by atoms with Gasteiger partial charge in [0.1, 0.15) is 5.92 Å². The third-order valence-corrected chi connectivity index (χ3v) is 4.98. The quantitative estimate of drug-likeness (QED) is 0.723. The minimum atomic E-state index is -1.33. The Balaban J connectivity index is 2.32. The molecular formula is C18H13BrN2O5. The summed E-state index contributed by atoms with van der Waals surface area (Å²) in [7, 11) is 0. The van der Waals surface area contributed by atoms with Gasteiger partial charge in [-0.15, -0.1) is 0 Å². The van der Waals surface area contributed by atoms with Crippen LogP contribution in [-0.2, 0) is 14.4 Å². The van der Waals surface area contributed by atoms with Crippen molar-refractivity contribution in [1.29, 1.82) is 0 Å². The molecule has 0 radical (unpaired) electrons. The van der Waals surface area contributed by atoms with Crippen LogP contribution in [0.3, 0.4) is 0 Å². The maximum Gasteiger partial charge on any atom is 0.319 e. The molecule has 0 aliphatic carbocycles. The number of hydrogen-bond acceptors (Lipinski definition) is 4. The molecule has 2 aromatic rings. The molecule has 1 aliphatic rings. The highest BCUT2D eigenvalue weighted by atomic mass is 79.9. The number of halogens is 1. The van der Waals surface area contributed by atoms with Crippen LogP contribution in [0.5, 0.6) is 0 Å². The first-order chi connectivity index (χ1) is 12.3. The van der Waals surface area contributed by atoms with Gasteiger partial charge in [-0.3, -0.25) is 24.1 Å². The second-order valence-corrected chi connectivity index (χ2v) is 6.57. The second-order valence-electron chi connectivity index (χ2n) is 5.71. The molecule has 1 heterocycles. The summed E-state index contributed by atoms with van der Waals surface area (Å²) >= 11 is 3.32. The van der Waals surface area contributed by atoms with E-state index in [2.05, 4.69) is 15.9 Å². The van der Waals surface area contributed by atoms with E-state index < -0.39 is 35.7 Å². The Hall–Kier alpha value is -3.00. The topological polar surface area (TPSA) is 118 Å². The highest BCUT2D eigenvalue weighted by Crippen LogP contribution is 2.44. The van der Waals surface area contributed by atoms with E-state index in [0.29, 0.717) is 14.9 Å². The summed E-state index contributed by atoms with van der Waals surface area (Å²) in [5.41, 5.74) is 5.82. The van der Waals surface area contributed by atoms with Gasteiger partial charge >= 0.3 is 17.8 Å². The van der Waals surface area contributed by atoms with Crippen molar-refractivity contribution in [2.75, 3.05) is 0 Å². The summed E-state index contributed by atoms with van der Waals surface area (Å²) in [6.45, 7) is 0. The molecule has 2 atom stereocenters. The molecule has 0 fully saturated rings. The molecule has 0 bridgehead atoms. The number of carboxylic acids is 1. The van der Waals surface area contributed by atoms with Gasteiger partial charge in [0.05, 0.1) is 6.04 Å². The maximum absolute atomic E-state index is 12.9. The van der Waals surface area contributed by atoms with Gasteiger partial charge in [-0.2, -0.15) is 0 Å². The molecular weight excluding hydrogens is 404 g/mol. The normalized spacial score (nSPS) is 19.0. The average Bonchev–Trinajstić information content (AvgIpc) is 2.61. The predicted octanol–water partition coefficient (Wildman–Crippen LogP) is 1.83. The number of aliphatic carboxylic acids is 1. The first kappa shape index (κ1) is 17.8. The number of amides is 3. The van der Waals surface area contributed by atoms with Crippen LogP contribution in [0.2, 0.25) is 0 Å². The van der Waals surface area contributed by atoms with E-state index in [1.54, 1.807) is 36.4 Å². The lowest BCUT2D eigenvalue weighted by Crippen LogP contribution is -2.51. The number of imide groups is 1. The number of carbonyl (C=O) groups excluding carboxylic acids is 3. The first-order valence-electron chi connectivity index (χ1n) is 7.58. The number of nitrogens with two attached hydrogens (primary N) is 1. The zero-order valence-corrected chi connectivity index (χ0v) is 14.8. The Labute approximate surface area is 156 Å². The molecule has 0 spiro atoms. The van der Waals surface area contributed by atoms with Gasteiger partial charge in [0, 0.05) is 10.0 Å². The minimum absolute atomic E-state index is 0.0535. The van der Waals surface area contributed by atoms with Crippen LogP contribution in [-0.4, -0.2) is 33.7 Å². The molecule has 26 heavy (non-hydrogen) atoms. The third kappa shape index (κ3) is 2.78. The molecule has 2 unspecified atom stereocenters. The van der Waals surface area contributed by atoms with Crippen LogP contribution in [0.25, 0.3) is 0 Å². The van der Waals surface area contributed by atoms with Gasteiger partial charge in [0.15, 0.2) is 0 Å². The van der Waals surface area contributed by atoms with Crippen LogP contribution >= 0.6 is 15.9 Å². The van der Waals surface area contributed by atoms with Crippen molar-refractivity contribution in [1.82, 2.24) is 4.90 Å². The SMILES string of the molecule is NC(=O)C(=O)N1C(=O)c2ccccc2C(C(=O)O)C1c1ccccc1Br. The lowest BCUT2D eigenvalue weighted by atomic mass is 9.79. The Morgan fingerprint density at radius 1 is 1.00 bits per heavy atom. The first-order valence-corrected chi connectivity index (χ1v) is 8.37. The van der Waals surface area contributed by atoms with E-state index in [-0.39, 0.29) is 11.1 Å². The Morgan fingerprint density at radius 2 is 1.58 bits per heavy atom. The van der Waals surface area contributed by atoms with E-state index in [9.17, 15) is 24.3 Å². The van der Waals surface area contributed by atoms with Gasteiger partial charge in [0.2, 0.25) is 0 Å². The summed E-state index contributed by atoms with van der Waals surface area (Å²) in [6, 6.07) is 11.5. The summed E-state index contributed by atoms with van der Waals surface area (Å²) in [5, 5.41) is 9.85. The highest BCUT2D eigenvalue weighted by Gasteiger charge is 2.48. The van der Waals surface area contributed by atoms with Crippen LogP contribution in [0, 0.1) is 0 Å². The van der Waals surface area contributed by atoms with Crippen molar-refractivity contribution < 1.29 is 24.3 Å². The molecule has 3 rings (SSSR count). The molecule has 3 N–H and O–H groups in total. The van der Waals surface area contributed by atoms with E-state index in [0.717, 1.165) is 0 Å². The van der Waals surface area contributed by atoms with E-state index in [1.165, 1.54) is 12.1 Å². The molecule has 3 amide bonds. The van der Waals surface area contributed by atoms with Gasteiger partial charge in [0.25, 0.3) is 5.91 Å². The number of carboxylic acid groups (broad SMARTS) is 1. The molecule has 132 valence electrons. The number of primary amides is 1.